The third-order valence-corrected chi connectivity index (χ3v) is 5.14. The predicted octanol–water partition coefficient (Wildman–Crippen LogP) is 1.32. The predicted molar refractivity (Wildman–Crippen MR) is 75.0 cm³/mol. The van der Waals surface area contributed by atoms with E-state index in [0.717, 1.165) is 29.9 Å². The van der Waals surface area contributed by atoms with Gasteiger partial charge < -0.3 is 15.6 Å². The molecule has 1 aromatic rings. The lowest BCUT2D eigenvalue weighted by atomic mass is 9.84. The number of hydrogen-bond donors (Lipinski definition) is 2. The molecule has 0 spiro atoms. The number of carbonyl (C=O) groups is 1. The maximum Gasteiger partial charge on any atom is 0.224 e. The molecule has 0 radical (unpaired) electrons. The van der Waals surface area contributed by atoms with Crippen molar-refractivity contribution in [3.8, 4) is 0 Å². The van der Waals surface area contributed by atoms with E-state index in [1.807, 2.05) is 13.8 Å². The summed E-state index contributed by atoms with van der Waals surface area (Å²) in [5.41, 5.74) is 8.20. The largest absolute Gasteiger partial charge is 0.361 e. The second kappa shape index (κ2) is 5.20. The molecule has 5 nitrogen and oxygen atoms in total. The molecule has 3 rings (SSSR count). The Hall–Kier alpha value is -1.36. The molecule has 5 heteroatoms. The van der Waals surface area contributed by atoms with Crippen molar-refractivity contribution < 1.29 is 9.32 Å². The molecule has 0 saturated heterocycles. The lowest BCUT2D eigenvalue weighted by Crippen LogP contribution is -2.45. The van der Waals surface area contributed by atoms with Gasteiger partial charge in [-0.05, 0) is 51.4 Å². The van der Waals surface area contributed by atoms with Crippen LogP contribution >= 0.6 is 0 Å². The lowest BCUT2D eigenvalue weighted by Gasteiger charge is -2.27. The minimum Gasteiger partial charge on any atom is -0.361 e. The number of aromatic nitrogens is 1. The van der Waals surface area contributed by atoms with Gasteiger partial charge in [-0.3, -0.25) is 4.79 Å². The van der Waals surface area contributed by atoms with Gasteiger partial charge in [0.05, 0.1) is 11.6 Å². The van der Waals surface area contributed by atoms with Crippen LogP contribution in [0.2, 0.25) is 0 Å². The Labute approximate surface area is 119 Å². The highest BCUT2D eigenvalue weighted by atomic mass is 16.5. The lowest BCUT2D eigenvalue weighted by molar-refractivity contribution is -0.127. The first-order chi connectivity index (χ1) is 9.58. The van der Waals surface area contributed by atoms with Crippen molar-refractivity contribution in [2.75, 3.05) is 6.54 Å². The number of nitrogens with zero attached hydrogens (tertiary/aromatic N) is 1. The van der Waals surface area contributed by atoms with E-state index in [-0.39, 0.29) is 17.9 Å². The average molecular weight is 277 g/mol. The molecule has 0 aliphatic heterocycles. The fourth-order valence-electron chi connectivity index (χ4n) is 4.01. The van der Waals surface area contributed by atoms with Crippen LogP contribution in [0.15, 0.2) is 4.52 Å². The number of fused-ring (bicyclic) bond motifs is 2. The number of hydrogen-bond acceptors (Lipinski definition) is 4. The van der Waals surface area contributed by atoms with E-state index in [2.05, 4.69) is 10.5 Å². The van der Waals surface area contributed by atoms with Gasteiger partial charge in [-0.25, -0.2) is 0 Å². The summed E-state index contributed by atoms with van der Waals surface area (Å²) in [6.07, 6.45) is 4.28. The van der Waals surface area contributed by atoms with Gasteiger partial charge in [0.25, 0.3) is 0 Å². The van der Waals surface area contributed by atoms with Gasteiger partial charge in [-0.1, -0.05) is 5.16 Å². The van der Waals surface area contributed by atoms with Gasteiger partial charge >= 0.3 is 0 Å². The van der Waals surface area contributed by atoms with Crippen molar-refractivity contribution in [3.63, 3.8) is 0 Å². The zero-order chi connectivity index (χ0) is 14.3. The van der Waals surface area contributed by atoms with Crippen LogP contribution in [0.1, 0.15) is 36.3 Å². The summed E-state index contributed by atoms with van der Waals surface area (Å²) in [4.78, 5) is 12.3. The number of carbonyl (C=O) groups excluding carboxylic acids is 1. The van der Waals surface area contributed by atoms with Crippen LogP contribution in [0, 0.1) is 31.6 Å². The van der Waals surface area contributed by atoms with E-state index in [1.54, 1.807) is 0 Å². The van der Waals surface area contributed by atoms with Gasteiger partial charge in [0.15, 0.2) is 0 Å². The Morgan fingerprint density at radius 3 is 2.75 bits per heavy atom. The van der Waals surface area contributed by atoms with Crippen LogP contribution in [-0.4, -0.2) is 23.7 Å². The highest BCUT2D eigenvalue weighted by molar-refractivity contribution is 5.80. The van der Waals surface area contributed by atoms with Crippen LogP contribution in [-0.2, 0) is 11.2 Å². The highest BCUT2D eigenvalue weighted by Gasteiger charge is 2.48. The van der Waals surface area contributed by atoms with Crippen LogP contribution < -0.4 is 11.1 Å². The average Bonchev–Trinajstić information content (AvgIpc) is 3.08. The molecule has 2 aliphatic rings. The summed E-state index contributed by atoms with van der Waals surface area (Å²) in [5, 5.41) is 6.97. The first kappa shape index (κ1) is 13.6. The Balaban J connectivity index is 1.53. The van der Waals surface area contributed by atoms with E-state index in [1.165, 1.54) is 12.8 Å². The second-order valence-electron chi connectivity index (χ2n) is 6.28. The fourth-order valence-corrected chi connectivity index (χ4v) is 4.01. The summed E-state index contributed by atoms with van der Waals surface area (Å²) in [6, 6.07) is 0.0628. The zero-order valence-corrected chi connectivity index (χ0v) is 12.2. The molecule has 110 valence electrons. The van der Waals surface area contributed by atoms with Crippen molar-refractivity contribution in [2.45, 2.75) is 45.6 Å². The molecular formula is C15H23N3O2. The maximum atomic E-state index is 12.3. The molecule has 2 aliphatic carbocycles. The summed E-state index contributed by atoms with van der Waals surface area (Å²) in [7, 11) is 0. The van der Waals surface area contributed by atoms with E-state index >= 15 is 0 Å². The quantitative estimate of drug-likeness (QED) is 0.870. The third-order valence-electron chi connectivity index (χ3n) is 5.14. The van der Waals surface area contributed by atoms with Gasteiger partial charge in [0, 0.05) is 18.2 Å². The van der Waals surface area contributed by atoms with E-state index in [9.17, 15) is 4.79 Å². The van der Waals surface area contributed by atoms with Crippen LogP contribution in [0.5, 0.6) is 0 Å². The van der Waals surface area contributed by atoms with Gasteiger partial charge in [-0.15, -0.1) is 0 Å². The normalized spacial score (nSPS) is 31.8. The van der Waals surface area contributed by atoms with Crippen LogP contribution in [0.4, 0.5) is 0 Å². The SMILES string of the molecule is Cc1noc(C)c1CCNC(=O)C1C2CCC(C2)C1N. The molecule has 1 amide bonds. The monoisotopic (exact) mass is 277 g/mol. The Kier molecular flexibility index (Phi) is 3.54. The molecule has 20 heavy (non-hydrogen) atoms. The topological polar surface area (TPSA) is 81.2 Å². The van der Waals surface area contributed by atoms with Crippen LogP contribution in [0.3, 0.4) is 0 Å². The number of amides is 1. The first-order valence-corrected chi connectivity index (χ1v) is 7.53. The zero-order valence-electron chi connectivity index (χ0n) is 12.2. The molecule has 1 aromatic heterocycles. The Bertz CT molecular complexity index is 490. The van der Waals surface area contributed by atoms with Crippen molar-refractivity contribution in [1.29, 1.82) is 0 Å². The fraction of sp³-hybridized carbons (Fsp3) is 0.733. The minimum atomic E-state index is 0.0263. The molecule has 3 N–H and O–H groups in total. The smallest absolute Gasteiger partial charge is 0.224 e. The number of nitrogens with one attached hydrogen (secondary N) is 1. The molecule has 2 fully saturated rings. The van der Waals surface area contributed by atoms with Gasteiger partial charge in [0.1, 0.15) is 5.76 Å². The van der Waals surface area contributed by atoms with Crippen molar-refractivity contribution >= 4 is 5.91 Å². The summed E-state index contributed by atoms with van der Waals surface area (Å²) in [5.74, 6) is 2.08. The van der Waals surface area contributed by atoms with E-state index in [4.69, 9.17) is 10.3 Å². The Morgan fingerprint density at radius 1 is 1.40 bits per heavy atom. The summed E-state index contributed by atoms with van der Waals surface area (Å²) < 4.78 is 5.13. The second-order valence-corrected chi connectivity index (χ2v) is 6.28. The van der Waals surface area contributed by atoms with Gasteiger partial charge in [-0.2, -0.15) is 0 Å². The van der Waals surface area contributed by atoms with Crippen molar-refractivity contribution in [3.05, 3.63) is 17.0 Å². The Morgan fingerprint density at radius 2 is 2.15 bits per heavy atom. The third kappa shape index (κ3) is 2.24. The van der Waals surface area contributed by atoms with Crippen molar-refractivity contribution in [1.82, 2.24) is 10.5 Å². The first-order valence-electron chi connectivity index (χ1n) is 7.53. The maximum absolute atomic E-state index is 12.3. The summed E-state index contributed by atoms with van der Waals surface area (Å²) >= 11 is 0. The van der Waals surface area contributed by atoms with Crippen LogP contribution in [0.25, 0.3) is 0 Å². The standard InChI is InChI=1S/C15H23N3O2/c1-8-12(9(2)20-18-8)5-6-17-15(19)13-10-3-4-11(7-10)14(13)16/h10-11,13-14H,3-7,16H2,1-2H3,(H,17,19). The molecule has 2 bridgehead atoms. The highest BCUT2D eigenvalue weighted by Crippen LogP contribution is 2.47. The molecule has 0 aromatic carbocycles. The summed E-state index contributed by atoms with van der Waals surface area (Å²) in [6.45, 7) is 4.46. The molecular weight excluding hydrogens is 254 g/mol. The number of rotatable bonds is 4. The number of nitrogens with two attached hydrogens (primary N) is 1. The minimum absolute atomic E-state index is 0.0263. The molecule has 1 heterocycles. The molecule has 4 unspecified atom stereocenters. The van der Waals surface area contributed by atoms with Gasteiger partial charge in [0.2, 0.25) is 5.91 Å². The van der Waals surface area contributed by atoms with Crippen molar-refractivity contribution in [2.24, 2.45) is 23.5 Å². The number of aryl methyl sites for hydroxylation is 2. The van der Waals surface area contributed by atoms with E-state index < -0.39 is 0 Å². The molecule has 2 saturated carbocycles. The molecule has 4 atom stereocenters. The van der Waals surface area contributed by atoms with E-state index in [0.29, 0.717) is 18.4 Å².